The van der Waals surface area contributed by atoms with E-state index in [1.54, 1.807) is 35.5 Å². The summed E-state index contributed by atoms with van der Waals surface area (Å²) in [6.45, 7) is 2.19. The predicted octanol–water partition coefficient (Wildman–Crippen LogP) is 2.63. The van der Waals surface area contributed by atoms with Crippen molar-refractivity contribution < 1.29 is 4.79 Å². The van der Waals surface area contributed by atoms with Crippen LogP contribution in [0.15, 0.2) is 67.4 Å². The highest BCUT2D eigenvalue weighted by molar-refractivity contribution is 5.86. The number of hydrogen-bond donors (Lipinski definition) is 1. The second-order valence-electron chi connectivity index (χ2n) is 6.21. The molecule has 134 valence electrons. The largest absolute Gasteiger partial charge is 0.348 e. The number of fused-ring (bicyclic) bond motifs is 1. The normalized spacial score (nSPS) is 12.0. The van der Waals surface area contributed by atoms with E-state index in [4.69, 9.17) is 0 Å². The van der Waals surface area contributed by atoms with Gasteiger partial charge in [0.15, 0.2) is 0 Å². The summed E-state index contributed by atoms with van der Waals surface area (Å²) in [5.41, 5.74) is 2.69. The third kappa shape index (κ3) is 3.67. The van der Waals surface area contributed by atoms with E-state index in [0.29, 0.717) is 12.4 Å². The summed E-state index contributed by atoms with van der Waals surface area (Å²) in [4.78, 5) is 24.8. The molecule has 3 heterocycles. The summed E-state index contributed by atoms with van der Waals surface area (Å²) in [5, 5.41) is 8.42. The van der Waals surface area contributed by atoms with Gasteiger partial charge < -0.3 is 5.32 Å². The third-order valence-electron chi connectivity index (χ3n) is 4.37. The standard InChI is InChI=1S/C20H18N6O/c1-14(20(27)24-12-19-22-8-3-9-23-19)15-5-6-18-16(10-15)13-26(25-18)17-4-2-7-21-11-17/h2-11,13-14H,12H2,1H3,(H,24,27). The third-order valence-corrected chi connectivity index (χ3v) is 4.37. The van der Waals surface area contributed by atoms with Gasteiger partial charge in [0.05, 0.1) is 29.9 Å². The van der Waals surface area contributed by atoms with Crippen LogP contribution in [0.3, 0.4) is 0 Å². The Labute approximate surface area is 156 Å². The van der Waals surface area contributed by atoms with Crippen molar-refractivity contribution in [2.45, 2.75) is 19.4 Å². The maximum atomic E-state index is 12.5. The van der Waals surface area contributed by atoms with E-state index in [-0.39, 0.29) is 11.8 Å². The monoisotopic (exact) mass is 358 g/mol. The summed E-state index contributed by atoms with van der Waals surface area (Å²) in [6.07, 6.45) is 8.75. The molecule has 1 atom stereocenters. The van der Waals surface area contributed by atoms with Crippen LogP contribution in [0.2, 0.25) is 0 Å². The maximum absolute atomic E-state index is 12.5. The predicted molar refractivity (Wildman–Crippen MR) is 101 cm³/mol. The quantitative estimate of drug-likeness (QED) is 0.593. The fourth-order valence-electron chi connectivity index (χ4n) is 2.83. The van der Waals surface area contributed by atoms with E-state index in [0.717, 1.165) is 22.2 Å². The lowest BCUT2D eigenvalue weighted by Gasteiger charge is -2.12. The van der Waals surface area contributed by atoms with Gasteiger partial charge >= 0.3 is 0 Å². The fourth-order valence-corrected chi connectivity index (χ4v) is 2.83. The highest BCUT2D eigenvalue weighted by atomic mass is 16.1. The number of rotatable bonds is 5. The molecule has 4 rings (SSSR count). The molecule has 1 unspecified atom stereocenters. The molecule has 7 nitrogen and oxygen atoms in total. The first kappa shape index (κ1) is 16.8. The summed E-state index contributed by atoms with van der Waals surface area (Å²) in [5.74, 6) is 0.229. The minimum Gasteiger partial charge on any atom is -0.348 e. The van der Waals surface area contributed by atoms with Gasteiger partial charge in [0.25, 0.3) is 0 Å². The van der Waals surface area contributed by atoms with Crippen LogP contribution in [0.5, 0.6) is 0 Å². The van der Waals surface area contributed by atoms with Gasteiger partial charge in [0, 0.05) is 30.2 Å². The van der Waals surface area contributed by atoms with Gasteiger partial charge in [0.1, 0.15) is 5.82 Å². The lowest BCUT2D eigenvalue weighted by atomic mass is 9.99. The van der Waals surface area contributed by atoms with Crippen LogP contribution >= 0.6 is 0 Å². The Hall–Kier alpha value is -3.61. The van der Waals surface area contributed by atoms with E-state index < -0.39 is 0 Å². The minimum atomic E-state index is -0.292. The fraction of sp³-hybridized carbons (Fsp3) is 0.150. The van der Waals surface area contributed by atoms with Crippen LogP contribution in [0.4, 0.5) is 0 Å². The Balaban J connectivity index is 1.51. The van der Waals surface area contributed by atoms with Gasteiger partial charge in [0.2, 0.25) is 5.91 Å². The number of amides is 1. The summed E-state index contributed by atoms with van der Waals surface area (Å²) in [7, 11) is 0. The number of carbonyl (C=O) groups is 1. The van der Waals surface area contributed by atoms with Gasteiger partial charge in [-0.25, -0.2) is 14.6 Å². The first-order valence-corrected chi connectivity index (χ1v) is 8.64. The van der Waals surface area contributed by atoms with Gasteiger partial charge in [-0.2, -0.15) is 5.10 Å². The number of benzene rings is 1. The number of aromatic nitrogens is 5. The average molecular weight is 358 g/mol. The Kier molecular flexibility index (Phi) is 4.57. The van der Waals surface area contributed by atoms with Crippen molar-refractivity contribution in [3.63, 3.8) is 0 Å². The number of nitrogens with one attached hydrogen (secondary N) is 1. The number of nitrogens with zero attached hydrogens (tertiary/aromatic N) is 5. The van der Waals surface area contributed by atoms with E-state index in [1.807, 2.05) is 43.5 Å². The lowest BCUT2D eigenvalue weighted by molar-refractivity contribution is -0.122. The molecule has 1 amide bonds. The Morgan fingerprint density at radius 2 is 2.00 bits per heavy atom. The van der Waals surface area contributed by atoms with Gasteiger partial charge in [-0.15, -0.1) is 0 Å². The Bertz CT molecular complexity index is 1060. The van der Waals surface area contributed by atoms with Crippen LogP contribution in [0.1, 0.15) is 24.2 Å². The van der Waals surface area contributed by atoms with Crippen molar-refractivity contribution in [1.82, 2.24) is 30.0 Å². The molecule has 1 N–H and O–H groups in total. The van der Waals surface area contributed by atoms with Crippen molar-refractivity contribution >= 4 is 16.8 Å². The van der Waals surface area contributed by atoms with Crippen molar-refractivity contribution in [3.05, 3.63) is 78.8 Å². The molecule has 0 aliphatic heterocycles. The Morgan fingerprint density at radius 3 is 2.78 bits per heavy atom. The van der Waals surface area contributed by atoms with Crippen molar-refractivity contribution in [2.24, 2.45) is 0 Å². The van der Waals surface area contributed by atoms with Gasteiger partial charge in [-0.05, 0) is 42.8 Å². The summed E-state index contributed by atoms with van der Waals surface area (Å²) in [6, 6.07) is 11.4. The van der Waals surface area contributed by atoms with Gasteiger partial charge in [-0.1, -0.05) is 6.07 Å². The zero-order valence-electron chi connectivity index (χ0n) is 14.8. The first-order valence-electron chi connectivity index (χ1n) is 8.64. The van der Waals surface area contributed by atoms with Crippen LogP contribution in [0, 0.1) is 0 Å². The molecule has 0 radical (unpaired) electrons. The maximum Gasteiger partial charge on any atom is 0.227 e. The molecule has 0 spiro atoms. The second kappa shape index (κ2) is 7.33. The first-order chi connectivity index (χ1) is 13.2. The molecule has 0 saturated carbocycles. The van der Waals surface area contributed by atoms with Crippen molar-refractivity contribution in [1.29, 1.82) is 0 Å². The molecule has 0 aliphatic rings. The molecule has 0 aliphatic carbocycles. The van der Waals surface area contributed by atoms with E-state index in [1.165, 1.54) is 0 Å². The molecule has 1 aromatic carbocycles. The number of carbonyl (C=O) groups excluding carboxylic acids is 1. The summed E-state index contributed by atoms with van der Waals surface area (Å²) < 4.78 is 1.79. The van der Waals surface area contributed by atoms with Crippen LogP contribution in [-0.2, 0) is 11.3 Å². The van der Waals surface area contributed by atoms with Gasteiger partial charge in [-0.3, -0.25) is 9.78 Å². The highest BCUT2D eigenvalue weighted by Crippen LogP contribution is 2.22. The summed E-state index contributed by atoms with van der Waals surface area (Å²) >= 11 is 0. The van der Waals surface area contributed by atoms with Crippen molar-refractivity contribution in [3.8, 4) is 5.69 Å². The topological polar surface area (TPSA) is 85.6 Å². The minimum absolute atomic E-state index is 0.0681. The van der Waals surface area contributed by atoms with Crippen LogP contribution in [0.25, 0.3) is 16.6 Å². The SMILES string of the molecule is CC(C(=O)NCc1ncccn1)c1ccc2nn(-c3cccnc3)cc2c1. The smallest absolute Gasteiger partial charge is 0.227 e. The van der Waals surface area contributed by atoms with Crippen LogP contribution < -0.4 is 5.32 Å². The molecule has 7 heteroatoms. The highest BCUT2D eigenvalue weighted by Gasteiger charge is 2.16. The zero-order chi connectivity index (χ0) is 18.6. The second-order valence-corrected chi connectivity index (χ2v) is 6.21. The van der Waals surface area contributed by atoms with Crippen LogP contribution in [-0.4, -0.2) is 30.6 Å². The molecule has 0 bridgehead atoms. The van der Waals surface area contributed by atoms with E-state index in [2.05, 4.69) is 25.4 Å². The molecule has 3 aromatic heterocycles. The van der Waals surface area contributed by atoms with E-state index in [9.17, 15) is 4.79 Å². The molecule has 0 saturated heterocycles. The van der Waals surface area contributed by atoms with Crippen molar-refractivity contribution in [2.75, 3.05) is 0 Å². The zero-order valence-corrected chi connectivity index (χ0v) is 14.8. The lowest BCUT2D eigenvalue weighted by Crippen LogP contribution is -2.28. The average Bonchev–Trinajstić information content (AvgIpc) is 3.16. The number of pyridine rings is 1. The van der Waals surface area contributed by atoms with E-state index >= 15 is 0 Å². The molecule has 27 heavy (non-hydrogen) atoms. The molecular weight excluding hydrogens is 340 g/mol. The molecule has 0 fully saturated rings. The molecular formula is C20H18N6O. The number of hydrogen-bond acceptors (Lipinski definition) is 5. The molecule has 4 aromatic rings. The Morgan fingerprint density at radius 1 is 1.15 bits per heavy atom.